The molecule has 0 fully saturated rings. The van der Waals surface area contributed by atoms with E-state index in [9.17, 15) is 10.1 Å². The van der Waals surface area contributed by atoms with Gasteiger partial charge in [-0.2, -0.15) is 0 Å². The van der Waals surface area contributed by atoms with Gasteiger partial charge >= 0.3 is 0 Å². The number of nitrogens with zero attached hydrogens (tertiary/aromatic N) is 1. The maximum absolute atomic E-state index is 10.7. The summed E-state index contributed by atoms with van der Waals surface area (Å²) in [7, 11) is 1.51. The largest absolute Gasteiger partial charge is 0.495 e. The molecule has 1 aromatic rings. The summed E-state index contributed by atoms with van der Waals surface area (Å²) in [5.74, 6) is 0.555. The molecular weight excluding hydrogens is 222 g/mol. The van der Waals surface area contributed by atoms with Crippen LogP contribution in [-0.2, 0) is 0 Å². The van der Waals surface area contributed by atoms with Crippen molar-refractivity contribution in [2.75, 3.05) is 19.0 Å². The van der Waals surface area contributed by atoms with Gasteiger partial charge in [-0.15, -0.1) is 0 Å². The molecule has 0 amide bonds. The van der Waals surface area contributed by atoms with Gasteiger partial charge in [0, 0.05) is 24.2 Å². The maximum atomic E-state index is 10.7. The van der Waals surface area contributed by atoms with Crippen LogP contribution in [0.15, 0.2) is 18.2 Å². The first kappa shape index (κ1) is 13.2. The van der Waals surface area contributed by atoms with Gasteiger partial charge in [-0.25, -0.2) is 0 Å². The first-order valence-corrected chi connectivity index (χ1v) is 5.18. The molecule has 0 unspecified atom stereocenters. The zero-order chi connectivity index (χ0) is 13.1. The Bertz CT molecular complexity index is 413. The molecule has 6 nitrogen and oxygen atoms in total. The van der Waals surface area contributed by atoms with Gasteiger partial charge < -0.3 is 15.8 Å². The molecule has 0 aliphatic heterocycles. The second-order valence-corrected chi connectivity index (χ2v) is 4.48. The van der Waals surface area contributed by atoms with Crippen LogP contribution in [0, 0.1) is 10.1 Å². The third-order valence-electron chi connectivity index (χ3n) is 2.13. The quantitative estimate of drug-likeness (QED) is 0.603. The van der Waals surface area contributed by atoms with Crippen molar-refractivity contribution in [3.05, 3.63) is 28.3 Å². The summed E-state index contributed by atoms with van der Waals surface area (Å²) in [6, 6.07) is 4.39. The molecule has 0 heterocycles. The average Bonchev–Trinajstić information content (AvgIpc) is 2.24. The Balaban J connectivity index is 2.94. The van der Waals surface area contributed by atoms with Crippen molar-refractivity contribution in [2.45, 2.75) is 19.4 Å². The van der Waals surface area contributed by atoms with Crippen molar-refractivity contribution >= 4 is 11.4 Å². The Hall–Kier alpha value is -1.82. The van der Waals surface area contributed by atoms with E-state index in [1.807, 2.05) is 13.8 Å². The summed E-state index contributed by atoms with van der Waals surface area (Å²) in [5.41, 5.74) is 6.01. The van der Waals surface area contributed by atoms with Gasteiger partial charge in [0.2, 0.25) is 0 Å². The number of nitro benzene ring substituents is 1. The van der Waals surface area contributed by atoms with Gasteiger partial charge in [-0.1, -0.05) is 0 Å². The number of benzene rings is 1. The van der Waals surface area contributed by atoms with Crippen molar-refractivity contribution in [3.63, 3.8) is 0 Å². The van der Waals surface area contributed by atoms with Gasteiger partial charge in [0.1, 0.15) is 5.75 Å². The first-order chi connectivity index (χ1) is 7.83. The lowest BCUT2D eigenvalue weighted by molar-refractivity contribution is -0.384. The zero-order valence-electron chi connectivity index (χ0n) is 10.2. The van der Waals surface area contributed by atoms with Crippen molar-refractivity contribution in [1.82, 2.24) is 0 Å². The topological polar surface area (TPSA) is 90.4 Å². The monoisotopic (exact) mass is 239 g/mol. The van der Waals surface area contributed by atoms with Crippen LogP contribution in [0.3, 0.4) is 0 Å². The minimum Gasteiger partial charge on any atom is -0.495 e. The van der Waals surface area contributed by atoms with Crippen LogP contribution in [0.1, 0.15) is 13.8 Å². The van der Waals surface area contributed by atoms with Crippen LogP contribution < -0.4 is 15.8 Å². The number of nitro groups is 1. The molecular formula is C11H17N3O3. The van der Waals surface area contributed by atoms with Gasteiger partial charge in [0.15, 0.2) is 0 Å². The van der Waals surface area contributed by atoms with Crippen LogP contribution in [0.4, 0.5) is 11.4 Å². The van der Waals surface area contributed by atoms with Crippen molar-refractivity contribution in [1.29, 1.82) is 0 Å². The highest BCUT2D eigenvalue weighted by molar-refractivity contribution is 5.61. The smallest absolute Gasteiger partial charge is 0.271 e. The van der Waals surface area contributed by atoms with E-state index in [4.69, 9.17) is 10.5 Å². The summed E-state index contributed by atoms with van der Waals surface area (Å²) < 4.78 is 5.12. The number of hydrogen-bond donors (Lipinski definition) is 2. The second kappa shape index (κ2) is 5.01. The third-order valence-corrected chi connectivity index (χ3v) is 2.13. The van der Waals surface area contributed by atoms with Gasteiger partial charge in [-0.3, -0.25) is 10.1 Å². The first-order valence-electron chi connectivity index (χ1n) is 5.18. The molecule has 0 aromatic heterocycles. The predicted molar refractivity (Wildman–Crippen MR) is 66.4 cm³/mol. The van der Waals surface area contributed by atoms with E-state index in [0.717, 1.165) is 0 Å². The fraction of sp³-hybridized carbons (Fsp3) is 0.455. The molecule has 1 rings (SSSR count). The molecule has 6 heteroatoms. The number of nitrogens with two attached hydrogens (primary N) is 1. The molecule has 0 saturated heterocycles. The highest BCUT2D eigenvalue weighted by Crippen LogP contribution is 2.28. The molecule has 94 valence electrons. The molecule has 1 aromatic carbocycles. The molecule has 17 heavy (non-hydrogen) atoms. The molecule has 3 N–H and O–H groups in total. The van der Waals surface area contributed by atoms with Crippen molar-refractivity contribution in [2.24, 2.45) is 5.73 Å². The normalized spacial score (nSPS) is 11.1. The van der Waals surface area contributed by atoms with Crippen LogP contribution in [0.25, 0.3) is 0 Å². The molecule has 0 radical (unpaired) electrons. The Labute approximate surface area is 99.9 Å². The number of ether oxygens (including phenoxy) is 1. The number of non-ortho nitro benzene ring substituents is 1. The van der Waals surface area contributed by atoms with E-state index < -0.39 is 10.5 Å². The summed E-state index contributed by atoms with van der Waals surface area (Å²) in [5, 5.41) is 13.7. The molecule has 0 aliphatic carbocycles. The fourth-order valence-electron chi connectivity index (χ4n) is 1.27. The summed E-state index contributed by atoms with van der Waals surface area (Å²) in [6.45, 7) is 4.22. The minimum absolute atomic E-state index is 0.0168. The van der Waals surface area contributed by atoms with Gasteiger partial charge in [0.05, 0.1) is 17.7 Å². The van der Waals surface area contributed by atoms with E-state index >= 15 is 0 Å². The molecule has 0 spiro atoms. The predicted octanol–water partition coefficient (Wildman–Crippen LogP) is 1.75. The summed E-state index contributed by atoms with van der Waals surface area (Å²) in [4.78, 5) is 10.2. The van der Waals surface area contributed by atoms with Crippen LogP contribution >= 0.6 is 0 Å². The Morgan fingerprint density at radius 1 is 1.53 bits per heavy atom. The van der Waals surface area contributed by atoms with Crippen LogP contribution in [0.2, 0.25) is 0 Å². The van der Waals surface area contributed by atoms with Gasteiger partial charge in [0.25, 0.3) is 5.69 Å². The maximum Gasteiger partial charge on any atom is 0.271 e. The number of hydrogen-bond acceptors (Lipinski definition) is 5. The van der Waals surface area contributed by atoms with Crippen LogP contribution in [-0.4, -0.2) is 24.1 Å². The van der Waals surface area contributed by atoms with E-state index in [1.165, 1.54) is 19.2 Å². The Morgan fingerprint density at radius 3 is 2.65 bits per heavy atom. The van der Waals surface area contributed by atoms with Crippen LogP contribution in [0.5, 0.6) is 5.75 Å². The third kappa shape index (κ3) is 3.92. The molecule has 0 bridgehead atoms. The van der Waals surface area contributed by atoms with E-state index in [-0.39, 0.29) is 5.69 Å². The molecule has 0 aliphatic rings. The van der Waals surface area contributed by atoms with Gasteiger partial charge in [-0.05, 0) is 19.9 Å². The van der Waals surface area contributed by atoms with E-state index in [1.54, 1.807) is 6.07 Å². The fourth-order valence-corrected chi connectivity index (χ4v) is 1.27. The second-order valence-electron chi connectivity index (χ2n) is 4.48. The standard InChI is InChI=1S/C11H17N3O3/c1-11(2,12)7-13-9-6-8(14(15)16)4-5-10(9)17-3/h4-6,13H,7,12H2,1-3H3. The highest BCUT2D eigenvalue weighted by Gasteiger charge is 2.14. The van der Waals surface area contributed by atoms with Crippen molar-refractivity contribution < 1.29 is 9.66 Å². The Morgan fingerprint density at radius 2 is 2.18 bits per heavy atom. The SMILES string of the molecule is COc1ccc([N+](=O)[O-])cc1NCC(C)(C)N. The number of rotatable bonds is 5. The average molecular weight is 239 g/mol. The molecule has 0 saturated carbocycles. The number of nitrogens with one attached hydrogen (secondary N) is 1. The molecule has 0 atom stereocenters. The lowest BCUT2D eigenvalue weighted by Crippen LogP contribution is -2.39. The summed E-state index contributed by atoms with van der Waals surface area (Å²) in [6.07, 6.45) is 0. The number of methoxy groups -OCH3 is 1. The highest BCUT2D eigenvalue weighted by atomic mass is 16.6. The zero-order valence-corrected chi connectivity index (χ0v) is 10.2. The van der Waals surface area contributed by atoms with E-state index in [2.05, 4.69) is 5.32 Å². The lowest BCUT2D eigenvalue weighted by atomic mass is 10.1. The van der Waals surface area contributed by atoms with E-state index in [0.29, 0.717) is 18.0 Å². The number of anilines is 1. The Kier molecular flexibility index (Phi) is 3.90. The summed E-state index contributed by atoms with van der Waals surface area (Å²) >= 11 is 0. The minimum atomic E-state index is -0.446. The van der Waals surface area contributed by atoms with Crippen molar-refractivity contribution in [3.8, 4) is 5.75 Å². The lowest BCUT2D eigenvalue weighted by Gasteiger charge is -2.20.